The lowest BCUT2D eigenvalue weighted by Crippen LogP contribution is -2.58. The first kappa shape index (κ1) is 34.8. The number of piperidine rings is 1. The first-order valence-electron chi connectivity index (χ1n) is 15.5. The van der Waals surface area contributed by atoms with E-state index in [0.717, 1.165) is 32.2 Å². The second-order valence-electron chi connectivity index (χ2n) is 13.8. The standard InChI is InChI=1S/C32H56N4O5/c1-20(2)26(19-23(7)29(38)36-18-14-16-25(36)31(40)41-32(8,9)10)34(11)30(39)27(21(3)4)33-28(37)24-15-12-13-17-35(24)22(5)6/h19-22,24-27H,12-18H2,1-11H3,(H,33,37)/t24-,25-,26-,27+/m1/s1. The number of ether oxygens (including phenoxy) is 1. The van der Waals surface area contributed by atoms with Crippen LogP contribution < -0.4 is 5.32 Å². The van der Waals surface area contributed by atoms with Gasteiger partial charge in [-0.2, -0.15) is 0 Å². The molecule has 2 saturated heterocycles. The highest BCUT2D eigenvalue weighted by Gasteiger charge is 2.39. The molecule has 0 aromatic carbocycles. The van der Waals surface area contributed by atoms with Crippen molar-refractivity contribution >= 4 is 23.7 Å². The number of carbonyl (C=O) groups is 4. The second-order valence-corrected chi connectivity index (χ2v) is 13.8. The predicted octanol–water partition coefficient (Wildman–Crippen LogP) is 4.15. The van der Waals surface area contributed by atoms with Crippen molar-refractivity contribution in [1.82, 2.24) is 20.0 Å². The van der Waals surface area contributed by atoms with Gasteiger partial charge in [-0.3, -0.25) is 19.3 Å². The van der Waals surface area contributed by atoms with E-state index >= 15 is 0 Å². The largest absolute Gasteiger partial charge is 0.458 e. The number of likely N-dealkylation sites (tertiary alicyclic amines) is 2. The molecule has 1 N–H and O–H groups in total. The number of nitrogens with one attached hydrogen (secondary N) is 1. The Kier molecular flexibility index (Phi) is 12.4. The molecule has 2 fully saturated rings. The molecule has 0 spiro atoms. The average Bonchev–Trinajstić information content (AvgIpc) is 3.37. The molecule has 2 aliphatic rings. The fourth-order valence-electron chi connectivity index (χ4n) is 5.91. The van der Waals surface area contributed by atoms with Crippen LogP contribution in [0, 0.1) is 11.8 Å². The quantitative estimate of drug-likeness (QED) is 0.310. The van der Waals surface area contributed by atoms with Crippen LogP contribution in [0.25, 0.3) is 0 Å². The van der Waals surface area contributed by atoms with Gasteiger partial charge in [0.2, 0.25) is 17.7 Å². The number of rotatable bonds is 10. The molecule has 0 radical (unpaired) electrons. The zero-order valence-corrected chi connectivity index (χ0v) is 27.5. The van der Waals surface area contributed by atoms with Gasteiger partial charge in [0.15, 0.2) is 0 Å². The topological polar surface area (TPSA) is 99.3 Å². The first-order chi connectivity index (χ1) is 19.0. The Morgan fingerprint density at radius 1 is 0.902 bits per heavy atom. The Balaban J connectivity index is 2.22. The molecule has 0 unspecified atom stereocenters. The molecule has 0 aromatic heterocycles. The lowest BCUT2D eigenvalue weighted by molar-refractivity contribution is -0.162. The van der Waals surface area contributed by atoms with Crippen LogP contribution in [-0.2, 0) is 23.9 Å². The maximum absolute atomic E-state index is 13.9. The Bertz CT molecular complexity index is 968. The van der Waals surface area contributed by atoms with Gasteiger partial charge in [0.1, 0.15) is 17.7 Å². The van der Waals surface area contributed by atoms with Crippen LogP contribution in [0.2, 0.25) is 0 Å². The van der Waals surface area contributed by atoms with Gasteiger partial charge in [0, 0.05) is 25.2 Å². The van der Waals surface area contributed by atoms with Gasteiger partial charge in [0.05, 0.1) is 12.1 Å². The molecular weight excluding hydrogens is 520 g/mol. The van der Waals surface area contributed by atoms with Crippen LogP contribution in [-0.4, -0.2) is 94.3 Å². The number of hydrogen-bond acceptors (Lipinski definition) is 6. The third kappa shape index (κ3) is 9.29. The first-order valence-corrected chi connectivity index (χ1v) is 15.5. The highest BCUT2D eigenvalue weighted by Crippen LogP contribution is 2.25. The SMILES string of the molecule is CC(=C[C@H](C(C)C)N(C)C(=O)[C@@H](NC(=O)[C@H]1CCCCN1C(C)C)C(C)C)C(=O)N1CCC[C@@H]1C(=O)OC(C)(C)C. The lowest BCUT2D eigenvalue weighted by Gasteiger charge is -2.39. The summed E-state index contributed by atoms with van der Waals surface area (Å²) in [5.74, 6) is -0.959. The van der Waals surface area contributed by atoms with Crippen LogP contribution in [0.3, 0.4) is 0 Å². The molecule has 0 aliphatic carbocycles. The summed E-state index contributed by atoms with van der Waals surface area (Å²) >= 11 is 0. The number of carbonyl (C=O) groups excluding carboxylic acids is 4. The van der Waals surface area contributed by atoms with Crippen molar-refractivity contribution < 1.29 is 23.9 Å². The number of hydrogen-bond donors (Lipinski definition) is 1. The Morgan fingerprint density at radius 3 is 2.05 bits per heavy atom. The van der Waals surface area contributed by atoms with E-state index in [0.29, 0.717) is 18.5 Å². The summed E-state index contributed by atoms with van der Waals surface area (Å²) < 4.78 is 5.57. The maximum Gasteiger partial charge on any atom is 0.329 e. The Hall–Kier alpha value is -2.42. The smallest absolute Gasteiger partial charge is 0.329 e. The van der Waals surface area contributed by atoms with E-state index in [2.05, 4.69) is 24.1 Å². The van der Waals surface area contributed by atoms with Crippen LogP contribution in [0.5, 0.6) is 0 Å². The normalized spacial score (nSPS) is 22.2. The minimum atomic E-state index is -0.677. The average molecular weight is 577 g/mol. The molecule has 4 atom stereocenters. The summed E-state index contributed by atoms with van der Waals surface area (Å²) in [5.41, 5.74) is -0.143. The van der Waals surface area contributed by atoms with E-state index in [-0.39, 0.29) is 53.7 Å². The molecule has 9 nitrogen and oxygen atoms in total. The van der Waals surface area contributed by atoms with E-state index < -0.39 is 17.7 Å². The van der Waals surface area contributed by atoms with Gasteiger partial charge in [-0.25, -0.2) is 4.79 Å². The fraction of sp³-hybridized carbons (Fsp3) is 0.812. The fourth-order valence-corrected chi connectivity index (χ4v) is 5.91. The summed E-state index contributed by atoms with van der Waals surface area (Å²) in [6.07, 6.45) is 6.01. The molecule has 0 saturated carbocycles. The molecule has 2 rings (SSSR count). The van der Waals surface area contributed by atoms with Crippen LogP contribution in [0.4, 0.5) is 0 Å². The predicted molar refractivity (Wildman–Crippen MR) is 162 cm³/mol. The van der Waals surface area contributed by atoms with Crippen molar-refractivity contribution in [2.24, 2.45) is 11.8 Å². The summed E-state index contributed by atoms with van der Waals surface area (Å²) in [7, 11) is 1.74. The molecule has 234 valence electrons. The molecule has 3 amide bonds. The highest BCUT2D eigenvalue weighted by atomic mass is 16.6. The molecule has 2 heterocycles. The summed E-state index contributed by atoms with van der Waals surface area (Å²) in [5, 5.41) is 3.08. The molecule has 0 bridgehead atoms. The van der Waals surface area contributed by atoms with Crippen molar-refractivity contribution in [2.45, 2.75) is 137 Å². The zero-order chi connectivity index (χ0) is 31.2. The van der Waals surface area contributed by atoms with E-state index in [9.17, 15) is 19.2 Å². The minimum Gasteiger partial charge on any atom is -0.458 e. The van der Waals surface area contributed by atoms with E-state index in [4.69, 9.17) is 4.74 Å². The van der Waals surface area contributed by atoms with Gasteiger partial charge >= 0.3 is 5.97 Å². The van der Waals surface area contributed by atoms with Gasteiger partial charge in [-0.05, 0) is 85.6 Å². The molecule has 9 heteroatoms. The summed E-state index contributed by atoms with van der Waals surface area (Å²) in [4.78, 5) is 59.1. The van der Waals surface area contributed by atoms with E-state index in [1.54, 1.807) is 23.8 Å². The van der Waals surface area contributed by atoms with Crippen LogP contribution in [0.15, 0.2) is 11.6 Å². The van der Waals surface area contributed by atoms with Crippen molar-refractivity contribution in [3.05, 3.63) is 11.6 Å². The highest BCUT2D eigenvalue weighted by molar-refractivity contribution is 5.96. The van der Waals surface area contributed by atoms with Crippen molar-refractivity contribution in [3.8, 4) is 0 Å². The van der Waals surface area contributed by atoms with Gasteiger partial charge in [0.25, 0.3) is 0 Å². The second kappa shape index (κ2) is 14.7. The lowest BCUT2D eigenvalue weighted by atomic mass is 9.95. The minimum absolute atomic E-state index is 0.0187. The number of likely N-dealkylation sites (N-methyl/N-ethyl adjacent to an activating group) is 1. The van der Waals surface area contributed by atoms with Crippen LogP contribution >= 0.6 is 0 Å². The Labute approximate surface area is 248 Å². The van der Waals surface area contributed by atoms with E-state index in [1.165, 1.54) is 0 Å². The van der Waals surface area contributed by atoms with Gasteiger partial charge in [-0.15, -0.1) is 0 Å². The summed E-state index contributed by atoms with van der Waals surface area (Å²) in [6.45, 7) is 20.7. The van der Waals surface area contributed by atoms with E-state index in [1.807, 2.05) is 54.5 Å². The van der Waals surface area contributed by atoms with Crippen molar-refractivity contribution in [1.29, 1.82) is 0 Å². The van der Waals surface area contributed by atoms with Crippen LogP contribution in [0.1, 0.15) is 101 Å². The third-order valence-electron chi connectivity index (χ3n) is 8.17. The maximum atomic E-state index is 13.9. The Morgan fingerprint density at radius 2 is 1.51 bits per heavy atom. The molecule has 41 heavy (non-hydrogen) atoms. The number of esters is 1. The monoisotopic (exact) mass is 576 g/mol. The van der Waals surface area contributed by atoms with Gasteiger partial charge < -0.3 is 19.9 Å². The van der Waals surface area contributed by atoms with Crippen molar-refractivity contribution in [2.75, 3.05) is 20.1 Å². The summed E-state index contributed by atoms with van der Waals surface area (Å²) in [6, 6.07) is -1.63. The number of amides is 3. The van der Waals surface area contributed by atoms with Gasteiger partial charge in [-0.1, -0.05) is 40.2 Å². The van der Waals surface area contributed by atoms with Crippen molar-refractivity contribution in [3.63, 3.8) is 0 Å². The molecule has 2 aliphatic heterocycles. The number of nitrogens with zero attached hydrogens (tertiary/aromatic N) is 3. The molecular formula is C32H56N4O5. The zero-order valence-electron chi connectivity index (χ0n) is 27.5. The molecule has 0 aromatic rings. The third-order valence-corrected chi connectivity index (χ3v) is 8.17.